The number of phosphoric acid groups is 1. The van der Waals surface area contributed by atoms with E-state index in [-0.39, 0.29) is 13.2 Å². The first-order valence-electron chi connectivity index (χ1n) is 4.43. The van der Waals surface area contributed by atoms with Gasteiger partial charge in [0.05, 0.1) is 13.2 Å². The average Bonchev–Trinajstić information content (AvgIpc) is 2.12. The van der Waals surface area contributed by atoms with Gasteiger partial charge >= 0.3 is 14.0 Å². The van der Waals surface area contributed by atoms with Crippen molar-refractivity contribution in [3.05, 3.63) is 0 Å². The summed E-state index contributed by atoms with van der Waals surface area (Å²) in [5.74, 6) is 0. The molecule has 0 aliphatic rings. The van der Waals surface area contributed by atoms with Crippen molar-refractivity contribution in [1.82, 2.24) is 0 Å². The number of hydrogen-bond acceptors (Lipinski definition) is 4. The summed E-state index contributed by atoms with van der Waals surface area (Å²) in [6.45, 7) is 1.54. The van der Waals surface area contributed by atoms with Crippen LogP contribution in [0, 0.1) is 0 Å². The molecule has 0 spiro atoms. The van der Waals surface area contributed by atoms with Gasteiger partial charge in [-0.1, -0.05) is 6.92 Å². The van der Waals surface area contributed by atoms with Crippen molar-refractivity contribution >= 4 is 7.82 Å². The molecular weight excluding hydrogens is 236 g/mol. The zero-order valence-corrected chi connectivity index (χ0v) is 9.44. The molecule has 0 aliphatic carbocycles. The molecule has 0 heterocycles. The average molecular weight is 250 g/mol. The van der Waals surface area contributed by atoms with Crippen LogP contribution >= 0.6 is 7.82 Å². The summed E-state index contributed by atoms with van der Waals surface area (Å²) in [4.78, 5) is 0. The van der Waals surface area contributed by atoms with Crippen LogP contribution in [0.25, 0.3) is 0 Å². The Morgan fingerprint density at radius 1 is 1.13 bits per heavy atom. The van der Waals surface area contributed by atoms with Gasteiger partial charge in [-0.25, -0.2) is 4.57 Å². The Labute approximate surface area is 86.3 Å². The molecule has 0 rings (SSSR count). The molecule has 0 fully saturated rings. The van der Waals surface area contributed by atoms with Gasteiger partial charge in [0, 0.05) is 0 Å². The molecule has 15 heavy (non-hydrogen) atoms. The minimum absolute atomic E-state index is 0.0230. The Hall–Kier alpha value is -0.100. The van der Waals surface area contributed by atoms with Crippen molar-refractivity contribution in [2.45, 2.75) is 26.4 Å². The van der Waals surface area contributed by atoms with Gasteiger partial charge in [0.25, 0.3) is 0 Å². The monoisotopic (exact) mass is 250 g/mol. The fourth-order valence-corrected chi connectivity index (χ4v) is 1.88. The van der Waals surface area contributed by atoms with Gasteiger partial charge in [-0.15, -0.1) is 0 Å². The second kappa shape index (κ2) is 6.48. The molecule has 4 nitrogen and oxygen atoms in total. The molecular formula is C7H14F3O4P. The van der Waals surface area contributed by atoms with E-state index in [2.05, 4.69) is 13.6 Å². The van der Waals surface area contributed by atoms with Crippen molar-refractivity contribution in [2.75, 3.05) is 19.8 Å². The van der Waals surface area contributed by atoms with Crippen LogP contribution in [-0.2, 0) is 18.1 Å². The van der Waals surface area contributed by atoms with E-state index in [0.29, 0.717) is 6.42 Å². The normalized spacial score (nSPS) is 16.3. The Morgan fingerprint density at radius 3 is 2.13 bits per heavy atom. The minimum Gasteiger partial charge on any atom is -0.287 e. The van der Waals surface area contributed by atoms with Crippen molar-refractivity contribution in [3.63, 3.8) is 0 Å². The number of halogens is 3. The second-order valence-corrected chi connectivity index (χ2v) is 4.26. The summed E-state index contributed by atoms with van der Waals surface area (Å²) in [7, 11) is -4.05. The minimum atomic E-state index is -4.55. The molecule has 0 bridgehead atoms. The van der Waals surface area contributed by atoms with Gasteiger partial charge in [-0.05, 0) is 13.3 Å². The largest absolute Gasteiger partial charge is 0.475 e. The van der Waals surface area contributed by atoms with Crippen LogP contribution in [0.1, 0.15) is 20.3 Å². The van der Waals surface area contributed by atoms with Crippen LogP contribution in [0.5, 0.6) is 0 Å². The SMILES string of the molecule is CCCOP(=O)(OCC)OCC(F)(F)F. The van der Waals surface area contributed by atoms with Crippen LogP contribution in [0.3, 0.4) is 0 Å². The van der Waals surface area contributed by atoms with Crippen molar-refractivity contribution in [2.24, 2.45) is 0 Å². The Balaban J connectivity index is 4.19. The summed E-state index contributed by atoms with van der Waals surface area (Å²) in [6.07, 6.45) is -4.05. The first-order valence-corrected chi connectivity index (χ1v) is 5.89. The number of hydrogen-bond donors (Lipinski definition) is 0. The van der Waals surface area contributed by atoms with Gasteiger partial charge < -0.3 is 0 Å². The van der Waals surface area contributed by atoms with Gasteiger partial charge in [-0.3, -0.25) is 13.6 Å². The molecule has 8 heteroatoms. The topological polar surface area (TPSA) is 44.8 Å². The molecule has 0 aliphatic heterocycles. The lowest BCUT2D eigenvalue weighted by molar-refractivity contribution is -0.158. The highest BCUT2D eigenvalue weighted by molar-refractivity contribution is 7.48. The summed E-state index contributed by atoms with van der Waals surface area (Å²) >= 11 is 0. The highest BCUT2D eigenvalue weighted by Gasteiger charge is 2.35. The zero-order valence-electron chi connectivity index (χ0n) is 8.54. The quantitative estimate of drug-likeness (QED) is 0.651. The maximum Gasteiger partial charge on any atom is 0.475 e. The third-order valence-corrected chi connectivity index (χ3v) is 2.65. The summed E-state index contributed by atoms with van der Waals surface area (Å²) in [5, 5.41) is 0. The molecule has 1 unspecified atom stereocenters. The lowest BCUT2D eigenvalue weighted by atomic mass is 10.5. The predicted octanol–water partition coefficient (Wildman–Crippen LogP) is 3.14. The molecule has 1 atom stereocenters. The molecule has 0 radical (unpaired) electrons. The van der Waals surface area contributed by atoms with E-state index in [0.717, 1.165) is 0 Å². The van der Waals surface area contributed by atoms with Gasteiger partial charge in [0.1, 0.15) is 0 Å². The molecule has 92 valence electrons. The molecule has 0 N–H and O–H groups in total. The van der Waals surface area contributed by atoms with E-state index in [4.69, 9.17) is 0 Å². The fourth-order valence-electron chi connectivity index (χ4n) is 0.625. The molecule has 0 amide bonds. The predicted molar refractivity (Wildman–Crippen MR) is 47.5 cm³/mol. The maximum atomic E-state index is 11.8. The lowest BCUT2D eigenvalue weighted by Crippen LogP contribution is -2.17. The first-order chi connectivity index (χ1) is 6.83. The van der Waals surface area contributed by atoms with Gasteiger partial charge in [-0.2, -0.15) is 13.2 Å². The van der Waals surface area contributed by atoms with E-state index in [1.54, 1.807) is 6.92 Å². The Bertz CT molecular complexity index is 219. The molecule has 0 aromatic heterocycles. The number of alkyl halides is 3. The highest BCUT2D eigenvalue weighted by Crippen LogP contribution is 2.50. The summed E-state index contributed by atoms with van der Waals surface area (Å²) in [6, 6.07) is 0. The van der Waals surface area contributed by atoms with Crippen molar-refractivity contribution in [3.8, 4) is 0 Å². The fraction of sp³-hybridized carbons (Fsp3) is 1.00. The molecule has 0 saturated heterocycles. The zero-order chi connectivity index (χ0) is 11.9. The smallest absolute Gasteiger partial charge is 0.287 e. The van der Waals surface area contributed by atoms with E-state index >= 15 is 0 Å². The molecule has 0 aromatic carbocycles. The van der Waals surface area contributed by atoms with Crippen LogP contribution in [0.2, 0.25) is 0 Å². The number of rotatable bonds is 7. The number of phosphoric ester groups is 1. The van der Waals surface area contributed by atoms with E-state index < -0.39 is 20.6 Å². The van der Waals surface area contributed by atoms with E-state index in [1.165, 1.54) is 6.92 Å². The third-order valence-electron chi connectivity index (χ3n) is 1.13. The van der Waals surface area contributed by atoms with Crippen molar-refractivity contribution < 1.29 is 31.3 Å². The van der Waals surface area contributed by atoms with Crippen LogP contribution in [-0.4, -0.2) is 26.0 Å². The third kappa shape index (κ3) is 7.79. The van der Waals surface area contributed by atoms with Crippen LogP contribution in [0.4, 0.5) is 13.2 Å². The standard InChI is InChI=1S/C7H14F3O4P/c1-3-5-13-15(11,12-4-2)14-6-7(8,9)10/h3-6H2,1-2H3. The Morgan fingerprint density at radius 2 is 1.73 bits per heavy atom. The van der Waals surface area contributed by atoms with Gasteiger partial charge in [0.2, 0.25) is 0 Å². The summed E-state index contributed by atoms with van der Waals surface area (Å²) < 4.78 is 60.1. The van der Waals surface area contributed by atoms with E-state index in [1.807, 2.05) is 0 Å². The van der Waals surface area contributed by atoms with Gasteiger partial charge in [0.15, 0.2) is 6.61 Å². The van der Waals surface area contributed by atoms with Crippen LogP contribution < -0.4 is 0 Å². The summed E-state index contributed by atoms with van der Waals surface area (Å²) in [5.41, 5.74) is 0. The molecule has 0 saturated carbocycles. The highest BCUT2D eigenvalue weighted by atomic mass is 31.2. The second-order valence-electron chi connectivity index (χ2n) is 2.59. The van der Waals surface area contributed by atoms with E-state index in [9.17, 15) is 17.7 Å². The van der Waals surface area contributed by atoms with Crippen LogP contribution in [0.15, 0.2) is 0 Å². The maximum absolute atomic E-state index is 11.8. The first kappa shape index (κ1) is 14.9. The molecule has 0 aromatic rings. The lowest BCUT2D eigenvalue weighted by Gasteiger charge is -2.17. The van der Waals surface area contributed by atoms with Crippen molar-refractivity contribution in [1.29, 1.82) is 0 Å². The Kier molecular flexibility index (Phi) is 6.43.